The Bertz CT molecular complexity index is 632. The van der Waals surface area contributed by atoms with E-state index in [1.807, 2.05) is 78.9 Å². The van der Waals surface area contributed by atoms with Crippen LogP contribution in [0.5, 0.6) is 0 Å². The van der Waals surface area contributed by atoms with E-state index in [4.69, 9.17) is 5.73 Å². The van der Waals surface area contributed by atoms with E-state index in [-0.39, 0.29) is 0 Å². The lowest BCUT2D eigenvalue weighted by Crippen LogP contribution is -2.50. The van der Waals surface area contributed by atoms with Gasteiger partial charge in [0, 0.05) is 5.69 Å². The summed E-state index contributed by atoms with van der Waals surface area (Å²) >= 11 is 0. The van der Waals surface area contributed by atoms with Crippen molar-refractivity contribution in [1.29, 1.82) is 0 Å². The monoisotopic (exact) mass is 263 g/mol. The van der Waals surface area contributed by atoms with Crippen LogP contribution in [0, 0.1) is 0 Å². The summed E-state index contributed by atoms with van der Waals surface area (Å²) in [5.41, 5.74) is 7.81. The van der Waals surface area contributed by atoms with E-state index < -0.39 is 5.66 Å². The Labute approximate surface area is 118 Å². The molecule has 0 saturated heterocycles. The number of anilines is 1. The van der Waals surface area contributed by atoms with Crippen LogP contribution < -0.4 is 16.4 Å². The van der Waals surface area contributed by atoms with Crippen molar-refractivity contribution in [3.8, 4) is 0 Å². The van der Waals surface area contributed by atoms with E-state index in [0.29, 0.717) is 0 Å². The maximum atomic E-state index is 6.45. The summed E-state index contributed by atoms with van der Waals surface area (Å²) in [5, 5.41) is 6.66. The Morgan fingerprint density at radius 2 is 1.55 bits per heavy atom. The fourth-order valence-corrected chi connectivity index (χ4v) is 2.23. The van der Waals surface area contributed by atoms with Crippen LogP contribution in [0.4, 0.5) is 5.69 Å². The molecule has 0 amide bonds. The van der Waals surface area contributed by atoms with E-state index in [1.165, 1.54) is 0 Å². The molecule has 1 unspecified atom stereocenters. The van der Waals surface area contributed by atoms with Crippen LogP contribution in [0.1, 0.15) is 5.56 Å². The van der Waals surface area contributed by atoms with E-state index in [0.717, 1.165) is 17.1 Å². The van der Waals surface area contributed by atoms with Crippen molar-refractivity contribution in [2.45, 2.75) is 5.66 Å². The topological polar surface area (TPSA) is 50.1 Å². The molecule has 100 valence electrons. The number of nitrogens with two attached hydrogens (primary N) is 1. The van der Waals surface area contributed by atoms with Crippen molar-refractivity contribution in [3.05, 3.63) is 90.3 Å². The Hall–Kier alpha value is -2.52. The Kier molecular flexibility index (Phi) is 3.27. The van der Waals surface area contributed by atoms with Gasteiger partial charge in [-0.2, -0.15) is 0 Å². The van der Waals surface area contributed by atoms with Gasteiger partial charge < -0.3 is 16.4 Å². The Morgan fingerprint density at radius 3 is 2.25 bits per heavy atom. The van der Waals surface area contributed by atoms with E-state index >= 15 is 0 Å². The third-order valence-electron chi connectivity index (χ3n) is 3.27. The van der Waals surface area contributed by atoms with Crippen molar-refractivity contribution in [2.24, 2.45) is 5.73 Å². The predicted octanol–water partition coefficient (Wildman–Crippen LogP) is 2.91. The molecule has 0 aromatic heterocycles. The Balaban J connectivity index is 1.80. The van der Waals surface area contributed by atoms with Gasteiger partial charge in [-0.1, -0.05) is 54.6 Å². The van der Waals surface area contributed by atoms with Gasteiger partial charge in [-0.3, -0.25) is 0 Å². The molecule has 0 bridgehead atoms. The first kappa shape index (κ1) is 12.5. The summed E-state index contributed by atoms with van der Waals surface area (Å²) in [7, 11) is 0. The molecule has 2 aromatic carbocycles. The molecule has 20 heavy (non-hydrogen) atoms. The SMILES string of the molecule is NC1(c2ccccc2)C=CC=C(Nc2ccccc2)N1. The number of hydrogen-bond acceptors (Lipinski definition) is 3. The average Bonchev–Trinajstić information content (AvgIpc) is 2.49. The van der Waals surface area contributed by atoms with E-state index in [1.54, 1.807) is 0 Å². The number of para-hydroxylation sites is 1. The third kappa shape index (κ3) is 2.58. The summed E-state index contributed by atoms with van der Waals surface area (Å²) < 4.78 is 0. The minimum atomic E-state index is -0.687. The third-order valence-corrected chi connectivity index (χ3v) is 3.27. The molecule has 3 rings (SSSR count). The maximum Gasteiger partial charge on any atom is 0.133 e. The lowest BCUT2D eigenvalue weighted by atomic mass is 9.98. The summed E-state index contributed by atoms with van der Waals surface area (Å²) in [4.78, 5) is 0. The van der Waals surface area contributed by atoms with Gasteiger partial charge in [-0.15, -0.1) is 0 Å². The highest BCUT2D eigenvalue weighted by molar-refractivity contribution is 5.49. The van der Waals surface area contributed by atoms with Crippen LogP contribution in [0.2, 0.25) is 0 Å². The molecule has 1 atom stereocenters. The zero-order valence-corrected chi connectivity index (χ0v) is 11.1. The lowest BCUT2D eigenvalue weighted by Gasteiger charge is -2.32. The zero-order chi connectivity index (χ0) is 13.8. The second kappa shape index (κ2) is 5.23. The molecule has 3 nitrogen and oxygen atoms in total. The first-order valence-corrected chi connectivity index (χ1v) is 6.60. The second-order valence-electron chi connectivity index (χ2n) is 4.79. The molecule has 1 aliphatic rings. The average molecular weight is 263 g/mol. The first-order valence-electron chi connectivity index (χ1n) is 6.60. The fraction of sp³-hybridized carbons (Fsp3) is 0.0588. The van der Waals surface area contributed by atoms with Gasteiger partial charge in [0.25, 0.3) is 0 Å². The fourth-order valence-electron chi connectivity index (χ4n) is 2.23. The minimum absolute atomic E-state index is 0.687. The molecule has 0 saturated carbocycles. The molecular formula is C17H17N3. The van der Waals surface area contributed by atoms with Gasteiger partial charge >= 0.3 is 0 Å². The summed E-state index contributed by atoms with van der Waals surface area (Å²) in [6, 6.07) is 20.0. The highest BCUT2D eigenvalue weighted by Crippen LogP contribution is 2.22. The second-order valence-corrected chi connectivity index (χ2v) is 4.79. The zero-order valence-electron chi connectivity index (χ0n) is 11.1. The molecule has 3 heteroatoms. The van der Waals surface area contributed by atoms with Gasteiger partial charge in [0.1, 0.15) is 11.5 Å². The van der Waals surface area contributed by atoms with E-state index in [2.05, 4.69) is 10.6 Å². The van der Waals surface area contributed by atoms with Gasteiger partial charge in [-0.05, 0) is 29.8 Å². The molecule has 0 radical (unpaired) electrons. The number of nitrogens with one attached hydrogen (secondary N) is 2. The number of dihydropyridines is 1. The highest BCUT2D eigenvalue weighted by Gasteiger charge is 2.26. The van der Waals surface area contributed by atoms with Crippen LogP contribution in [0.3, 0.4) is 0 Å². The standard InChI is InChI=1S/C17H17N3/c18-17(14-8-3-1-4-9-14)13-7-12-16(20-17)19-15-10-5-2-6-11-15/h1-13,19-20H,18H2. The van der Waals surface area contributed by atoms with Crippen LogP contribution in [-0.4, -0.2) is 0 Å². The molecule has 0 aliphatic carbocycles. The first-order chi connectivity index (χ1) is 9.76. The van der Waals surface area contributed by atoms with Crippen molar-refractivity contribution in [3.63, 3.8) is 0 Å². The van der Waals surface area contributed by atoms with Crippen molar-refractivity contribution < 1.29 is 0 Å². The van der Waals surface area contributed by atoms with Crippen LogP contribution >= 0.6 is 0 Å². The van der Waals surface area contributed by atoms with Gasteiger partial charge in [0.05, 0.1) is 0 Å². The smallest absolute Gasteiger partial charge is 0.133 e. The highest BCUT2D eigenvalue weighted by atomic mass is 15.2. The van der Waals surface area contributed by atoms with Crippen LogP contribution in [-0.2, 0) is 5.66 Å². The van der Waals surface area contributed by atoms with Crippen molar-refractivity contribution in [1.82, 2.24) is 5.32 Å². The molecule has 1 heterocycles. The molecule has 1 aliphatic heterocycles. The van der Waals surface area contributed by atoms with Crippen LogP contribution in [0.25, 0.3) is 0 Å². The van der Waals surface area contributed by atoms with Gasteiger partial charge in [0.2, 0.25) is 0 Å². The summed E-state index contributed by atoms with van der Waals surface area (Å²) in [6.45, 7) is 0. The molecular weight excluding hydrogens is 246 g/mol. The predicted molar refractivity (Wildman–Crippen MR) is 82.7 cm³/mol. The molecule has 4 N–H and O–H groups in total. The van der Waals surface area contributed by atoms with E-state index in [9.17, 15) is 0 Å². The number of hydrogen-bond donors (Lipinski definition) is 3. The molecule has 2 aromatic rings. The number of allylic oxidation sites excluding steroid dienone is 2. The van der Waals surface area contributed by atoms with Crippen molar-refractivity contribution in [2.75, 3.05) is 5.32 Å². The number of rotatable bonds is 3. The van der Waals surface area contributed by atoms with Gasteiger partial charge in [0.15, 0.2) is 0 Å². The summed E-state index contributed by atoms with van der Waals surface area (Å²) in [5.74, 6) is 0.880. The van der Waals surface area contributed by atoms with Gasteiger partial charge in [-0.25, -0.2) is 0 Å². The summed E-state index contributed by atoms with van der Waals surface area (Å²) in [6.07, 6.45) is 5.90. The molecule has 0 fully saturated rings. The van der Waals surface area contributed by atoms with Crippen LogP contribution in [0.15, 0.2) is 84.7 Å². The quantitative estimate of drug-likeness (QED) is 0.798. The minimum Gasteiger partial charge on any atom is -0.347 e. The van der Waals surface area contributed by atoms with Crippen molar-refractivity contribution >= 4 is 5.69 Å². The largest absolute Gasteiger partial charge is 0.347 e. The normalized spacial score (nSPS) is 20.9. The molecule has 0 spiro atoms. The lowest BCUT2D eigenvalue weighted by molar-refractivity contribution is 0.476. The maximum absolute atomic E-state index is 6.45. The Morgan fingerprint density at radius 1 is 0.900 bits per heavy atom. The number of benzene rings is 2.